The molecular weight excluding hydrogens is 398 g/mol. The molecule has 30 heavy (non-hydrogen) atoms. The molecule has 0 saturated carbocycles. The molecule has 0 aliphatic rings. The molecule has 162 valence electrons. The van der Waals surface area contributed by atoms with E-state index in [0.29, 0.717) is 18.2 Å². The molecule has 0 bridgehead atoms. The van der Waals surface area contributed by atoms with Crippen LogP contribution in [0.2, 0.25) is 0 Å². The number of thioether (sulfide) groups is 1. The summed E-state index contributed by atoms with van der Waals surface area (Å²) in [6.45, 7) is 5.25. The maximum atomic E-state index is 12.1. The summed E-state index contributed by atoms with van der Waals surface area (Å²) in [5, 5.41) is 6.08. The van der Waals surface area contributed by atoms with Gasteiger partial charge in [0.25, 0.3) is 0 Å². The minimum absolute atomic E-state index is 0.0934. The average Bonchev–Trinajstić information content (AvgIpc) is 2.73. The molecule has 7 heteroatoms. The molecule has 0 saturated heterocycles. The van der Waals surface area contributed by atoms with Gasteiger partial charge in [0.05, 0.1) is 12.3 Å². The van der Waals surface area contributed by atoms with Crippen molar-refractivity contribution in [3.63, 3.8) is 0 Å². The molecule has 1 atom stereocenters. The van der Waals surface area contributed by atoms with E-state index >= 15 is 0 Å². The number of aromatic nitrogens is 1. The number of benzene rings is 1. The highest BCUT2D eigenvalue weighted by Gasteiger charge is 2.15. The van der Waals surface area contributed by atoms with E-state index in [1.165, 1.54) is 0 Å². The number of alkyl carbamates (subject to hydrolysis) is 1. The van der Waals surface area contributed by atoms with Gasteiger partial charge in [-0.1, -0.05) is 50.2 Å². The van der Waals surface area contributed by atoms with Crippen LogP contribution in [0, 0.1) is 5.92 Å². The number of Topliss-reactive ketones (excluding diaryl/α,β-unsaturated/α-hetero) is 1. The molecule has 2 rings (SSSR count). The van der Waals surface area contributed by atoms with Crippen LogP contribution in [0.4, 0.5) is 4.79 Å². The molecule has 0 spiro atoms. The minimum atomic E-state index is -0.440. The van der Waals surface area contributed by atoms with E-state index in [1.807, 2.05) is 48.7 Å². The Kier molecular flexibility index (Phi) is 11.0. The van der Waals surface area contributed by atoms with Crippen molar-refractivity contribution in [1.82, 2.24) is 15.6 Å². The molecule has 2 aromatic rings. The first-order valence-electron chi connectivity index (χ1n) is 10.2. The Bertz CT molecular complexity index is 757. The van der Waals surface area contributed by atoms with E-state index in [4.69, 9.17) is 4.74 Å². The van der Waals surface area contributed by atoms with Gasteiger partial charge in [-0.3, -0.25) is 9.78 Å². The summed E-state index contributed by atoms with van der Waals surface area (Å²) in [5.74, 6) is 1.77. The zero-order valence-electron chi connectivity index (χ0n) is 17.7. The van der Waals surface area contributed by atoms with Gasteiger partial charge < -0.3 is 15.4 Å². The fourth-order valence-corrected chi connectivity index (χ4v) is 3.74. The predicted molar refractivity (Wildman–Crippen MR) is 121 cm³/mol. The third-order valence-corrected chi connectivity index (χ3v) is 5.32. The van der Waals surface area contributed by atoms with Gasteiger partial charge in [-0.15, -0.1) is 11.8 Å². The highest BCUT2D eigenvalue weighted by Crippen LogP contribution is 2.10. The number of nitrogens with zero attached hydrogens (tertiary/aromatic N) is 1. The Morgan fingerprint density at radius 3 is 2.57 bits per heavy atom. The summed E-state index contributed by atoms with van der Waals surface area (Å²) in [5.41, 5.74) is 2.05. The molecule has 0 radical (unpaired) electrons. The van der Waals surface area contributed by atoms with Crippen molar-refractivity contribution in [3.8, 4) is 0 Å². The second kappa shape index (κ2) is 13.8. The van der Waals surface area contributed by atoms with Crippen LogP contribution in [0.5, 0.6) is 0 Å². The van der Waals surface area contributed by atoms with Gasteiger partial charge in [-0.05, 0) is 29.5 Å². The second-order valence-corrected chi connectivity index (χ2v) is 8.54. The van der Waals surface area contributed by atoms with Crippen molar-refractivity contribution >= 4 is 23.6 Å². The Morgan fingerprint density at radius 2 is 1.87 bits per heavy atom. The van der Waals surface area contributed by atoms with Crippen molar-refractivity contribution in [3.05, 3.63) is 66.0 Å². The van der Waals surface area contributed by atoms with Crippen LogP contribution in [0.1, 0.15) is 31.4 Å². The van der Waals surface area contributed by atoms with Crippen LogP contribution in [0.25, 0.3) is 0 Å². The molecule has 6 nitrogen and oxygen atoms in total. The smallest absolute Gasteiger partial charge is 0.407 e. The average molecular weight is 430 g/mol. The fourth-order valence-electron chi connectivity index (χ4n) is 2.90. The number of ketones is 1. The first-order valence-corrected chi connectivity index (χ1v) is 11.3. The Hall–Kier alpha value is -2.38. The number of carbonyl (C=O) groups is 2. The highest BCUT2D eigenvalue weighted by molar-refractivity contribution is 7.99. The molecule has 1 amide bonds. The third-order valence-electron chi connectivity index (χ3n) is 4.26. The third kappa shape index (κ3) is 10.4. The zero-order valence-corrected chi connectivity index (χ0v) is 18.5. The van der Waals surface area contributed by atoms with E-state index in [1.54, 1.807) is 18.0 Å². The summed E-state index contributed by atoms with van der Waals surface area (Å²) in [7, 11) is 0. The number of hydrogen-bond donors (Lipinski definition) is 2. The highest BCUT2D eigenvalue weighted by atomic mass is 32.2. The fraction of sp³-hybridized carbons (Fsp3) is 0.435. The number of carbonyl (C=O) groups excluding carboxylic acids is 2. The van der Waals surface area contributed by atoms with Crippen molar-refractivity contribution in [2.45, 2.75) is 38.7 Å². The van der Waals surface area contributed by atoms with Gasteiger partial charge in [0.1, 0.15) is 6.61 Å². The van der Waals surface area contributed by atoms with Crippen LogP contribution in [0.3, 0.4) is 0 Å². The molecule has 1 unspecified atom stereocenters. The predicted octanol–water partition coefficient (Wildman–Crippen LogP) is 3.81. The van der Waals surface area contributed by atoms with Crippen molar-refractivity contribution in [2.24, 2.45) is 5.92 Å². The number of ether oxygens (including phenoxy) is 1. The maximum Gasteiger partial charge on any atom is 0.407 e. The van der Waals surface area contributed by atoms with Crippen LogP contribution >= 0.6 is 11.8 Å². The summed E-state index contributed by atoms with van der Waals surface area (Å²) < 4.78 is 5.31. The van der Waals surface area contributed by atoms with Gasteiger partial charge in [0.2, 0.25) is 0 Å². The summed E-state index contributed by atoms with van der Waals surface area (Å²) in [6.07, 6.45) is 3.92. The topological polar surface area (TPSA) is 80.3 Å². The van der Waals surface area contributed by atoms with E-state index in [-0.39, 0.29) is 25.0 Å². The van der Waals surface area contributed by atoms with E-state index < -0.39 is 6.09 Å². The lowest BCUT2D eigenvalue weighted by molar-refractivity contribution is -0.115. The number of amides is 1. The lowest BCUT2D eigenvalue weighted by Gasteiger charge is -2.21. The van der Waals surface area contributed by atoms with E-state index in [2.05, 4.69) is 29.5 Å². The zero-order chi connectivity index (χ0) is 21.6. The molecule has 1 heterocycles. The van der Waals surface area contributed by atoms with Crippen molar-refractivity contribution < 1.29 is 14.3 Å². The Balaban J connectivity index is 1.66. The largest absolute Gasteiger partial charge is 0.445 e. The van der Waals surface area contributed by atoms with Gasteiger partial charge in [0, 0.05) is 30.7 Å². The van der Waals surface area contributed by atoms with Gasteiger partial charge in [0.15, 0.2) is 5.78 Å². The second-order valence-electron chi connectivity index (χ2n) is 7.56. The van der Waals surface area contributed by atoms with Crippen molar-refractivity contribution in [2.75, 3.05) is 18.8 Å². The van der Waals surface area contributed by atoms with Crippen molar-refractivity contribution in [1.29, 1.82) is 0 Å². The number of rotatable bonds is 13. The quantitative estimate of drug-likeness (QED) is 0.504. The molecule has 0 aliphatic heterocycles. The van der Waals surface area contributed by atoms with Gasteiger partial charge in [-0.2, -0.15) is 0 Å². The van der Waals surface area contributed by atoms with Gasteiger partial charge >= 0.3 is 6.09 Å². The molecule has 0 aliphatic carbocycles. The summed E-state index contributed by atoms with van der Waals surface area (Å²) >= 11 is 1.58. The monoisotopic (exact) mass is 429 g/mol. The Labute approximate surface area is 183 Å². The first kappa shape index (κ1) is 23.9. The van der Waals surface area contributed by atoms with Crippen LogP contribution in [-0.2, 0) is 21.9 Å². The SMILES string of the molecule is CC(C)CC(CNCC(=O)CSCc1cccnc1)NC(=O)OCc1ccccc1. The summed E-state index contributed by atoms with van der Waals surface area (Å²) in [6, 6.07) is 13.4. The lowest BCUT2D eigenvalue weighted by atomic mass is 10.0. The van der Waals surface area contributed by atoms with Crippen LogP contribution in [-0.4, -0.2) is 41.7 Å². The summed E-state index contributed by atoms with van der Waals surface area (Å²) in [4.78, 5) is 28.3. The van der Waals surface area contributed by atoms with E-state index in [0.717, 1.165) is 23.3 Å². The lowest BCUT2D eigenvalue weighted by Crippen LogP contribution is -2.44. The normalized spacial score (nSPS) is 11.8. The number of hydrogen-bond acceptors (Lipinski definition) is 6. The van der Waals surface area contributed by atoms with Crippen LogP contribution < -0.4 is 10.6 Å². The van der Waals surface area contributed by atoms with Crippen LogP contribution in [0.15, 0.2) is 54.9 Å². The number of nitrogens with one attached hydrogen (secondary N) is 2. The minimum Gasteiger partial charge on any atom is -0.445 e. The van der Waals surface area contributed by atoms with E-state index in [9.17, 15) is 9.59 Å². The first-order chi connectivity index (χ1) is 14.5. The molecular formula is C23H31N3O3S. The molecule has 0 fully saturated rings. The van der Waals surface area contributed by atoms with Gasteiger partial charge in [-0.25, -0.2) is 4.79 Å². The Morgan fingerprint density at radius 1 is 1.10 bits per heavy atom. The molecule has 1 aromatic carbocycles. The molecule has 2 N–H and O–H groups in total. The standard InChI is InChI=1S/C23H31N3O3S/c1-18(2)11-21(26-23(28)29-15-19-7-4-3-5-8-19)13-25-14-22(27)17-30-16-20-9-6-10-24-12-20/h3-10,12,18,21,25H,11,13-17H2,1-2H3,(H,26,28). The molecule has 1 aromatic heterocycles. The number of pyridine rings is 1. The maximum absolute atomic E-state index is 12.1.